The summed E-state index contributed by atoms with van der Waals surface area (Å²) in [5.74, 6) is -1.55. The molecule has 4 rings (SSSR count). The van der Waals surface area contributed by atoms with Crippen LogP contribution < -0.4 is 0 Å². The van der Waals surface area contributed by atoms with Crippen LogP contribution >= 0.6 is 23.2 Å². The van der Waals surface area contributed by atoms with Crippen LogP contribution in [0.4, 0.5) is 4.39 Å². The van der Waals surface area contributed by atoms with Crippen molar-refractivity contribution in [3.63, 3.8) is 0 Å². The smallest absolute Gasteiger partial charge is 0.356 e. The maximum absolute atomic E-state index is 13.3. The van der Waals surface area contributed by atoms with E-state index in [0.29, 0.717) is 38.2 Å². The normalized spacial score (nSPS) is 11.1. The Morgan fingerprint density at radius 3 is 2.44 bits per heavy atom. The minimum atomic E-state index is -1.17. The number of benzene rings is 2. The molecule has 27 heavy (non-hydrogen) atoms. The van der Waals surface area contributed by atoms with E-state index in [1.807, 2.05) is 0 Å². The van der Waals surface area contributed by atoms with Crippen molar-refractivity contribution >= 4 is 34.8 Å². The summed E-state index contributed by atoms with van der Waals surface area (Å²) in [6.07, 6.45) is 0. The molecule has 134 valence electrons. The van der Waals surface area contributed by atoms with Gasteiger partial charge < -0.3 is 5.11 Å². The molecule has 0 saturated heterocycles. The molecule has 0 aliphatic rings. The molecule has 5 nitrogen and oxygen atoms in total. The first kappa shape index (κ1) is 17.5. The summed E-state index contributed by atoms with van der Waals surface area (Å²) < 4.78 is 14.7. The van der Waals surface area contributed by atoms with Crippen molar-refractivity contribution in [1.82, 2.24) is 14.6 Å². The molecule has 0 amide bonds. The van der Waals surface area contributed by atoms with Crippen LogP contribution in [0.1, 0.15) is 10.5 Å². The first-order valence-electron chi connectivity index (χ1n) is 7.78. The van der Waals surface area contributed by atoms with E-state index in [2.05, 4.69) is 10.1 Å². The Bertz CT molecular complexity index is 1190. The fourth-order valence-corrected chi connectivity index (χ4v) is 3.25. The van der Waals surface area contributed by atoms with Crippen LogP contribution in [0.15, 0.2) is 54.6 Å². The molecule has 2 heterocycles. The zero-order valence-electron chi connectivity index (χ0n) is 13.5. The van der Waals surface area contributed by atoms with Crippen molar-refractivity contribution in [2.45, 2.75) is 0 Å². The van der Waals surface area contributed by atoms with Crippen LogP contribution in [-0.2, 0) is 0 Å². The van der Waals surface area contributed by atoms with Crippen LogP contribution in [-0.4, -0.2) is 25.7 Å². The van der Waals surface area contributed by atoms with Crippen LogP contribution in [0, 0.1) is 5.82 Å². The molecule has 2 aromatic carbocycles. The van der Waals surface area contributed by atoms with Crippen LogP contribution in [0.5, 0.6) is 0 Å². The van der Waals surface area contributed by atoms with Gasteiger partial charge in [-0.2, -0.15) is 5.10 Å². The summed E-state index contributed by atoms with van der Waals surface area (Å²) in [6.45, 7) is 0. The van der Waals surface area contributed by atoms with Crippen LogP contribution in [0.3, 0.4) is 0 Å². The van der Waals surface area contributed by atoms with Crippen molar-refractivity contribution in [1.29, 1.82) is 0 Å². The van der Waals surface area contributed by atoms with Crippen LogP contribution in [0.25, 0.3) is 28.2 Å². The van der Waals surface area contributed by atoms with Gasteiger partial charge in [0, 0.05) is 22.2 Å². The van der Waals surface area contributed by atoms with E-state index in [9.17, 15) is 14.3 Å². The highest BCUT2D eigenvalue weighted by molar-refractivity contribution is 6.36. The Balaban J connectivity index is 2.01. The van der Waals surface area contributed by atoms with E-state index in [-0.39, 0.29) is 11.5 Å². The molecule has 2 aromatic heterocycles. The van der Waals surface area contributed by atoms with E-state index in [1.54, 1.807) is 36.4 Å². The lowest BCUT2D eigenvalue weighted by Gasteiger charge is -2.10. The number of halogens is 3. The van der Waals surface area contributed by atoms with Gasteiger partial charge in [0.1, 0.15) is 5.82 Å². The number of aromatic nitrogens is 3. The van der Waals surface area contributed by atoms with E-state index in [0.717, 1.165) is 0 Å². The quantitative estimate of drug-likeness (QED) is 0.511. The van der Waals surface area contributed by atoms with Gasteiger partial charge >= 0.3 is 5.97 Å². The van der Waals surface area contributed by atoms with E-state index >= 15 is 0 Å². The zero-order chi connectivity index (χ0) is 19.1. The minimum absolute atomic E-state index is 0.148. The maximum Gasteiger partial charge on any atom is 0.356 e. The second-order valence-electron chi connectivity index (χ2n) is 5.76. The second kappa shape index (κ2) is 6.64. The number of hydrogen-bond acceptors (Lipinski definition) is 3. The Labute approximate surface area is 162 Å². The molecule has 8 heteroatoms. The first-order chi connectivity index (χ1) is 12.9. The van der Waals surface area contributed by atoms with Crippen LogP contribution in [0.2, 0.25) is 10.0 Å². The highest BCUT2D eigenvalue weighted by atomic mass is 35.5. The minimum Gasteiger partial charge on any atom is -0.476 e. The number of hydrogen-bond donors (Lipinski definition) is 1. The van der Waals surface area contributed by atoms with Crippen molar-refractivity contribution in [2.75, 3.05) is 0 Å². The molecular formula is C19H10Cl2FN3O2. The van der Waals surface area contributed by atoms with Crippen molar-refractivity contribution in [3.05, 3.63) is 76.2 Å². The Hall–Kier alpha value is -2.96. The van der Waals surface area contributed by atoms with Gasteiger partial charge in [0.05, 0.1) is 16.4 Å². The van der Waals surface area contributed by atoms with Gasteiger partial charge in [0.25, 0.3) is 0 Å². The average molecular weight is 402 g/mol. The van der Waals surface area contributed by atoms with Crippen molar-refractivity contribution in [3.8, 4) is 22.5 Å². The average Bonchev–Trinajstić information content (AvgIpc) is 3.06. The van der Waals surface area contributed by atoms with Gasteiger partial charge in [-0.05, 0) is 48.5 Å². The first-order valence-corrected chi connectivity index (χ1v) is 8.53. The molecule has 0 spiro atoms. The third kappa shape index (κ3) is 3.25. The number of carbonyl (C=O) groups is 1. The largest absolute Gasteiger partial charge is 0.476 e. The number of carboxylic acid groups (broad SMARTS) is 1. The van der Waals surface area contributed by atoms with Gasteiger partial charge in [-0.3, -0.25) is 0 Å². The predicted octanol–water partition coefficient (Wildman–Crippen LogP) is 5.21. The summed E-state index contributed by atoms with van der Waals surface area (Å²) in [5, 5.41) is 14.2. The van der Waals surface area contributed by atoms with Crippen molar-refractivity contribution < 1.29 is 14.3 Å². The fraction of sp³-hybridized carbons (Fsp3) is 0. The van der Waals surface area contributed by atoms with E-state index in [1.165, 1.54) is 22.7 Å². The second-order valence-corrected chi connectivity index (χ2v) is 6.61. The molecule has 4 aromatic rings. The Morgan fingerprint density at radius 1 is 1.04 bits per heavy atom. The number of aromatic carboxylic acids is 1. The molecule has 0 bridgehead atoms. The molecule has 0 aliphatic carbocycles. The maximum atomic E-state index is 13.3. The standard InChI is InChI=1S/C19H10Cl2FN3O2/c20-11-3-6-13(14(21)7-11)15-8-17(10-1-4-12(22)5-2-10)25-18(23-15)9-16(24-25)19(26)27/h1-9H,(H,26,27). The summed E-state index contributed by atoms with van der Waals surface area (Å²) in [5.41, 5.74) is 2.52. The Kier molecular flexibility index (Phi) is 4.30. The lowest BCUT2D eigenvalue weighted by atomic mass is 10.1. The molecule has 0 saturated carbocycles. The zero-order valence-corrected chi connectivity index (χ0v) is 15.0. The SMILES string of the molecule is O=C(O)c1cc2nc(-c3ccc(Cl)cc3Cl)cc(-c3ccc(F)cc3)n2n1. The molecule has 0 fully saturated rings. The van der Waals surface area contributed by atoms with Gasteiger partial charge in [-0.25, -0.2) is 18.7 Å². The summed E-state index contributed by atoms with van der Waals surface area (Å²) in [6, 6.07) is 13.9. The lowest BCUT2D eigenvalue weighted by Crippen LogP contribution is -2.01. The highest BCUT2D eigenvalue weighted by Crippen LogP contribution is 2.32. The number of nitrogens with zero attached hydrogens (tertiary/aromatic N) is 3. The molecule has 0 unspecified atom stereocenters. The van der Waals surface area contributed by atoms with E-state index in [4.69, 9.17) is 23.2 Å². The number of fused-ring (bicyclic) bond motifs is 1. The molecule has 0 atom stereocenters. The third-order valence-electron chi connectivity index (χ3n) is 3.99. The summed E-state index contributed by atoms with van der Waals surface area (Å²) in [4.78, 5) is 15.8. The van der Waals surface area contributed by atoms with Gasteiger partial charge in [-0.15, -0.1) is 0 Å². The summed E-state index contributed by atoms with van der Waals surface area (Å²) in [7, 11) is 0. The van der Waals surface area contributed by atoms with E-state index < -0.39 is 5.97 Å². The summed E-state index contributed by atoms with van der Waals surface area (Å²) >= 11 is 12.3. The third-order valence-corrected chi connectivity index (χ3v) is 4.54. The monoisotopic (exact) mass is 401 g/mol. The Morgan fingerprint density at radius 2 is 1.78 bits per heavy atom. The molecule has 0 aliphatic heterocycles. The molecule has 1 N–H and O–H groups in total. The predicted molar refractivity (Wildman–Crippen MR) is 101 cm³/mol. The lowest BCUT2D eigenvalue weighted by molar-refractivity contribution is 0.0690. The number of rotatable bonds is 3. The van der Waals surface area contributed by atoms with Gasteiger partial charge in [0.15, 0.2) is 11.3 Å². The topological polar surface area (TPSA) is 67.5 Å². The van der Waals surface area contributed by atoms with Gasteiger partial charge in [-0.1, -0.05) is 23.2 Å². The fourth-order valence-electron chi connectivity index (χ4n) is 2.74. The molecular weight excluding hydrogens is 392 g/mol. The number of carboxylic acids is 1. The van der Waals surface area contributed by atoms with Gasteiger partial charge in [0.2, 0.25) is 0 Å². The molecule has 0 radical (unpaired) electrons. The highest BCUT2D eigenvalue weighted by Gasteiger charge is 2.16. The van der Waals surface area contributed by atoms with Crippen molar-refractivity contribution in [2.24, 2.45) is 0 Å².